The van der Waals surface area contributed by atoms with Gasteiger partial charge in [0.2, 0.25) is 0 Å². The molecular formula is C19H17N5O4. The number of ether oxygens (including phenoxy) is 1. The van der Waals surface area contributed by atoms with Crippen LogP contribution >= 0.6 is 0 Å². The van der Waals surface area contributed by atoms with Crippen molar-refractivity contribution >= 4 is 22.9 Å². The molecule has 0 unspecified atom stereocenters. The number of fused-ring (bicyclic) bond motifs is 1. The third-order valence-corrected chi connectivity index (χ3v) is 4.38. The summed E-state index contributed by atoms with van der Waals surface area (Å²) in [4.78, 5) is 47.3. The maximum atomic E-state index is 12.4. The Hall–Kier alpha value is -3.80. The summed E-state index contributed by atoms with van der Waals surface area (Å²) in [6.45, 7) is -0.143. The van der Waals surface area contributed by atoms with Crippen molar-refractivity contribution in [2.45, 2.75) is 18.9 Å². The highest BCUT2D eigenvalue weighted by molar-refractivity contribution is 5.86. The SMILES string of the molecule is CN(C(=O)OCC#Cc1nc2[nH]c(=O)n(C3CC3)c(=O)c2[nH]1)c1ccccc1. The van der Waals surface area contributed by atoms with E-state index in [1.807, 2.05) is 18.2 Å². The lowest BCUT2D eigenvalue weighted by atomic mass is 10.3. The van der Waals surface area contributed by atoms with Gasteiger partial charge in [0.1, 0.15) is 0 Å². The number of hydrogen-bond acceptors (Lipinski definition) is 5. The second-order valence-electron chi connectivity index (χ2n) is 6.40. The highest BCUT2D eigenvalue weighted by Crippen LogP contribution is 2.32. The number of para-hydroxylation sites is 1. The zero-order chi connectivity index (χ0) is 19.7. The highest BCUT2D eigenvalue weighted by atomic mass is 16.6. The first-order chi connectivity index (χ1) is 13.5. The molecule has 0 spiro atoms. The van der Waals surface area contributed by atoms with E-state index in [1.54, 1.807) is 19.2 Å². The van der Waals surface area contributed by atoms with Gasteiger partial charge in [-0.05, 0) is 30.9 Å². The molecule has 0 bridgehead atoms. The average Bonchev–Trinajstić information content (AvgIpc) is 3.44. The topological polar surface area (TPSA) is 113 Å². The normalized spacial score (nSPS) is 13.0. The minimum Gasteiger partial charge on any atom is -0.436 e. The van der Waals surface area contributed by atoms with Crippen molar-refractivity contribution in [3.8, 4) is 11.8 Å². The van der Waals surface area contributed by atoms with Crippen LogP contribution in [0.5, 0.6) is 0 Å². The number of rotatable bonds is 3. The molecule has 142 valence electrons. The standard InChI is InChI=1S/C19H17N5O4/c1-23(12-6-3-2-4-7-12)19(27)28-11-5-8-14-20-15-16(21-14)22-18(26)24(17(15)25)13-9-10-13/h2-4,6-7,13H,9-11H2,1H3,(H,20,21)(H,22,26). The molecule has 1 saturated carbocycles. The Labute approximate surface area is 159 Å². The number of benzene rings is 1. The van der Waals surface area contributed by atoms with Crippen molar-refractivity contribution in [2.24, 2.45) is 0 Å². The lowest BCUT2D eigenvalue weighted by molar-refractivity contribution is 0.169. The van der Waals surface area contributed by atoms with E-state index in [0.29, 0.717) is 5.69 Å². The molecule has 2 N–H and O–H groups in total. The number of anilines is 1. The monoisotopic (exact) mass is 379 g/mol. The van der Waals surface area contributed by atoms with Gasteiger partial charge in [0.05, 0.1) is 0 Å². The van der Waals surface area contributed by atoms with Gasteiger partial charge in [-0.3, -0.25) is 19.2 Å². The van der Waals surface area contributed by atoms with Crippen molar-refractivity contribution in [3.63, 3.8) is 0 Å². The summed E-state index contributed by atoms with van der Waals surface area (Å²) in [5.74, 6) is 5.58. The predicted molar refractivity (Wildman–Crippen MR) is 102 cm³/mol. The van der Waals surface area contributed by atoms with E-state index in [2.05, 4.69) is 26.8 Å². The number of hydrogen-bond donors (Lipinski definition) is 2. The Bertz CT molecular complexity index is 1210. The number of nitrogens with one attached hydrogen (secondary N) is 2. The van der Waals surface area contributed by atoms with Crippen molar-refractivity contribution in [1.29, 1.82) is 0 Å². The van der Waals surface area contributed by atoms with Crippen LogP contribution in [-0.2, 0) is 4.74 Å². The average molecular weight is 379 g/mol. The Balaban J connectivity index is 1.45. The molecule has 2 aromatic heterocycles. The van der Waals surface area contributed by atoms with E-state index in [9.17, 15) is 14.4 Å². The van der Waals surface area contributed by atoms with Crippen molar-refractivity contribution in [3.05, 3.63) is 57.0 Å². The fourth-order valence-electron chi connectivity index (χ4n) is 2.79. The number of nitrogens with zero attached hydrogens (tertiary/aromatic N) is 3. The highest BCUT2D eigenvalue weighted by Gasteiger charge is 2.28. The van der Waals surface area contributed by atoms with Gasteiger partial charge in [-0.2, -0.15) is 0 Å². The third kappa shape index (κ3) is 3.40. The van der Waals surface area contributed by atoms with Crippen LogP contribution in [0.2, 0.25) is 0 Å². The molecule has 3 aromatic rings. The summed E-state index contributed by atoms with van der Waals surface area (Å²) in [7, 11) is 1.60. The molecule has 28 heavy (non-hydrogen) atoms. The van der Waals surface area contributed by atoms with Gasteiger partial charge in [0.25, 0.3) is 5.56 Å². The Morgan fingerprint density at radius 1 is 1.29 bits per heavy atom. The number of carbonyl (C=O) groups excluding carboxylic acids is 1. The fourth-order valence-corrected chi connectivity index (χ4v) is 2.79. The molecule has 2 heterocycles. The minimum atomic E-state index is -0.540. The number of H-pyrrole nitrogens is 2. The molecule has 0 atom stereocenters. The lowest BCUT2D eigenvalue weighted by Crippen LogP contribution is -2.34. The molecule has 0 radical (unpaired) electrons. The van der Waals surface area contributed by atoms with Gasteiger partial charge in [-0.15, -0.1) is 0 Å². The number of carbonyl (C=O) groups is 1. The molecule has 0 aliphatic heterocycles. The number of amides is 1. The quantitative estimate of drug-likeness (QED) is 0.668. The van der Waals surface area contributed by atoms with Gasteiger partial charge in [-0.25, -0.2) is 14.6 Å². The van der Waals surface area contributed by atoms with Gasteiger partial charge in [0.15, 0.2) is 23.6 Å². The van der Waals surface area contributed by atoms with E-state index in [1.165, 1.54) is 9.47 Å². The number of imidazole rings is 1. The molecule has 4 rings (SSSR count). The summed E-state index contributed by atoms with van der Waals surface area (Å²) in [6, 6.07) is 9.03. The summed E-state index contributed by atoms with van der Waals surface area (Å²) >= 11 is 0. The van der Waals surface area contributed by atoms with Gasteiger partial charge < -0.3 is 9.72 Å². The smallest absolute Gasteiger partial charge is 0.414 e. The predicted octanol–water partition coefficient (Wildman–Crippen LogP) is 1.37. The van der Waals surface area contributed by atoms with Gasteiger partial charge in [0, 0.05) is 18.8 Å². The van der Waals surface area contributed by atoms with Crippen molar-refractivity contribution in [2.75, 3.05) is 18.6 Å². The second-order valence-corrected chi connectivity index (χ2v) is 6.40. The van der Waals surface area contributed by atoms with E-state index in [-0.39, 0.29) is 29.6 Å². The maximum absolute atomic E-state index is 12.4. The van der Waals surface area contributed by atoms with E-state index in [4.69, 9.17) is 4.74 Å². The van der Waals surface area contributed by atoms with Gasteiger partial charge >= 0.3 is 11.8 Å². The van der Waals surface area contributed by atoms with Gasteiger partial charge in [-0.1, -0.05) is 24.1 Å². The molecule has 9 heteroatoms. The Kier molecular flexibility index (Phi) is 4.45. The molecule has 1 amide bonds. The zero-order valence-electron chi connectivity index (χ0n) is 15.1. The van der Waals surface area contributed by atoms with E-state index < -0.39 is 17.3 Å². The summed E-state index contributed by atoms with van der Waals surface area (Å²) in [5.41, 5.74) is 0.198. The lowest BCUT2D eigenvalue weighted by Gasteiger charge is -2.15. The second kappa shape index (κ2) is 7.08. The van der Waals surface area contributed by atoms with Crippen LogP contribution in [0, 0.1) is 11.8 Å². The van der Waals surface area contributed by atoms with E-state index >= 15 is 0 Å². The summed E-state index contributed by atoms with van der Waals surface area (Å²) < 4.78 is 6.31. The zero-order valence-corrected chi connectivity index (χ0v) is 15.1. The molecule has 1 aliphatic carbocycles. The summed E-state index contributed by atoms with van der Waals surface area (Å²) in [6.07, 6.45) is 1.10. The first-order valence-electron chi connectivity index (χ1n) is 8.73. The molecule has 1 aromatic carbocycles. The molecule has 9 nitrogen and oxygen atoms in total. The van der Waals surface area contributed by atoms with Crippen LogP contribution in [-0.4, -0.2) is 39.3 Å². The van der Waals surface area contributed by atoms with Crippen LogP contribution in [0.15, 0.2) is 39.9 Å². The molecular weight excluding hydrogens is 362 g/mol. The maximum Gasteiger partial charge on any atom is 0.414 e. The Morgan fingerprint density at radius 3 is 2.75 bits per heavy atom. The fraction of sp³-hybridized carbons (Fsp3) is 0.263. The van der Waals surface area contributed by atoms with Crippen LogP contribution in [0.4, 0.5) is 10.5 Å². The van der Waals surface area contributed by atoms with Crippen molar-refractivity contribution < 1.29 is 9.53 Å². The minimum absolute atomic E-state index is 0.0421. The van der Waals surface area contributed by atoms with E-state index in [0.717, 1.165) is 12.8 Å². The largest absolute Gasteiger partial charge is 0.436 e. The summed E-state index contributed by atoms with van der Waals surface area (Å²) in [5, 5.41) is 0. The first-order valence-corrected chi connectivity index (χ1v) is 8.73. The van der Waals surface area contributed by atoms with Crippen LogP contribution in [0.3, 0.4) is 0 Å². The first kappa shape index (κ1) is 17.6. The molecule has 0 saturated heterocycles. The van der Waals surface area contributed by atoms with Crippen LogP contribution in [0.1, 0.15) is 24.7 Å². The van der Waals surface area contributed by atoms with Crippen LogP contribution in [0.25, 0.3) is 11.2 Å². The van der Waals surface area contributed by atoms with Crippen LogP contribution < -0.4 is 16.1 Å². The third-order valence-electron chi connectivity index (χ3n) is 4.38. The number of aromatic amines is 2. The molecule has 1 aliphatic rings. The molecule has 1 fully saturated rings. The Morgan fingerprint density at radius 2 is 2.04 bits per heavy atom. The van der Waals surface area contributed by atoms with Crippen molar-refractivity contribution in [1.82, 2.24) is 19.5 Å². The number of aromatic nitrogens is 4.